The molecule has 0 heterocycles. The molecule has 1 amide bonds. The summed E-state index contributed by atoms with van der Waals surface area (Å²) in [5.74, 6) is -0.0837. The van der Waals surface area contributed by atoms with E-state index >= 15 is 0 Å². The van der Waals surface area contributed by atoms with E-state index in [4.69, 9.17) is 5.73 Å². The molecule has 0 aliphatic carbocycles. The third-order valence-electron chi connectivity index (χ3n) is 3.55. The van der Waals surface area contributed by atoms with Gasteiger partial charge in [0.2, 0.25) is 0 Å². The summed E-state index contributed by atoms with van der Waals surface area (Å²) >= 11 is 0. The zero-order chi connectivity index (χ0) is 15.4. The van der Waals surface area contributed by atoms with Gasteiger partial charge in [0.25, 0.3) is 5.91 Å². The molecule has 3 heteroatoms. The van der Waals surface area contributed by atoms with Crippen molar-refractivity contribution in [1.82, 2.24) is 5.32 Å². The van der Waals surface area contributed by atoms with Crippen LogP contribution in [0.4, 0.5) is 5.69 Å². The molecule has 0 aromatic heterocycles. The second kappa shape index (κ2) is 6.44. The Balaban J connectivity index is 2.01. The second-order valence-corrected chi connectivity index (χ2v) is 5.63. The Kier molecular flexibility index (Phi) is 4.63. The van der Waals surface area contributed by atoms with Gasteiger partial charge in [-0.05, 0) is 56.5 Å². The summed E-state index contributed by atoms with van der Waals surface area (Å²) in [5.41, 5.74) is 10.7. The predicted molar refractivity (Wildman–Crippen MR) is 87.4 cm³/mol. The molecule has 3 N–H and O–H groups in total. The quantitative estimate of drug-likeness (QED) is 0.846. The first kappa shape index (κ1) is 15.1. The summed E-state index contributed by atoms with van der Waals surface area (Å²) in [7, 11) is 0. The smallest absolute Gasteiger partial charge is 0.251 e. The summed E-state index contributed by atoms with van der Waals surface area (Å²) in [6, 6.07) is 13.5. The number of aryl methyl sites for hydroxylation is 2. The number of hydrogen-bond donors (Lipinski definition) is 2. The number of nitrogens with one attached hydrogen (secondary N) is 1. The molecule has 21 heavy (non-hydrogen) atoms. The van der Waals surface area contributed by atoms with E-state index in [1.807, 2.05) is 6.92 Å². The van der Waals surface area contributed by atoms with Gasteiger partial charge in [0.15, 0.2) is 0 Å². The monoisotopic (exact) mass is 282 g/mol. The lowest BCUT2D eigenvalue weighted by Crippen LogP contribution is -2.34. The number of hydrogen-bond acceptors (Lipinski definition) is 2. The third kappa shape index (κ3) is 4.09. The predicted octanol–water partition coefficient (Wildman–Crippen LogP) is 3.25. The average molecular weight is 282 g/mol. The summed E-state index contributed by atoms with van der Waals surface area (Å²) in [6.45, 7) is 6.21. The van der Waals surface area contributed by atoms with Crippen LogP contribution < -0.4 is 11.1 Å². The molecule has 1 atom stereocenters. The Morgan fingerprint density at radius 1 is 1.19 bits per heavy atom. The van der Waals surface area contributed by atoms with E-state index in [0.29, 0.717) is 11.3 Å². The molecular formula is C18H22N2O. The number of anilines is 1. The minimum Gasteiger partial charge on any atom is -0.399 e. The van der Waals surface area contributed by atoms with Gasteiger partial charge in [-0.1, -0.05) is 29.8 Å². The van der Waals surface area contributed by atoms with E-state index in [-0.39, 0.29) is 11.9 Å². The highest BCUT2D eigenvalue weighted by Crippen LogP contribution is 2.13. The van der Waals surface area contributed by atoms with E-state index in [1.54, 1.807) is 24.3 Å². The fourth-order valence-electron chi connectivity index (χ4n) is 2.44. The SMILES string of the molecule is Cc1ccc(CC(C)NC(=O)c2cccc(N)c2)c(C)c1. The highest BCUT2D eigenvalue weighted by Gasteiger charge is 2.11. The number of rotatable bonds is 4. The topological polar surface area (TPSA) is 55.1 Å². The first-order chi connectivity index (χ1) is 9.95. The lowest BCUT2D eigenvalue weighted by atomic mass is 10.00. The van der Waals surface area contributed by atoms with Gasteiger partial charge in [0, 0.05) is 17.3 Å². The molecule has 0 fully saturated rings. The fourth-order valence-corrected chi connectivity index (χ4v) is 2.44. The Hall–Kier alpha value is -2.29. The van der Waals surface area contributed by atoms with E-state index in [0.717, 1.165) is 6.42 Å². The van der Waals surface area contributed by atoms with Gasteiger partial charge in [0.1, 0.15) is 0 Å². The largest absolute Gasteiger partial charge is 0.399 e. The number of benzene rings is 2. The van der Waals surface area contributed by atoms with Gasteiger partial charge < -0.3 is 11.1 Å². The van der Waals surface area contributed by atoms with Crippen molar-refractivity contribution in [2.75, 3.05) is 5.73 Å². The van der Waals surface area contributed by atoms with Crippen molar-refractivity contribution in [2.24, 2.45) is 0 Å². The minimum atomic E-state index is -0.0837. The zero-order valence-electron chi connectivity index (χ0n) is 12.8. The van der Waals surface area contributed by atoms with Crippen molar-refractivity contribution in [3.63, 3.8) is 0 Å². The van der Waals surface area contributed by atoms with Crippen molar-refractivity contribution in [2.45, 2.75) is 33.2 Å². The normalized spacial score (nSPS) is 12.0. The zero-order valence-corrected chi connectivity index (χ0v) is 12.8. The number of carbonyl (C=O) groups excluding carboxylic acids is 1. The van der Waals surface area contributed by atoms with Gasteiger partial charge in [-0.15, -0.1) is 0 Å². The minimum absolute atomic E-state index is 0.0698. The van der Waals surface area contributed by atoms with Crippen LogP contribution in [0.15, 0.2) is 42.5 Å². The summed E-state index contributed by atoms with van der Waals surface area (Å²) < 4.78 is 0. The van der Waals surface area contributed by atoms with Crippen molar-refractivity contribution >= 4 is 11.6 Å². The molecule has 2 aromatic rings. The molecule has 110 valence electrons. The van der Waals surface area contributed by atoms with Crippen molar-refractivity contribution < 1.29 is 4.79 Å². The van der Waals surface area contributed by atoms with E-state index < -0.39 is 0 Å². The lowest BCUT2D eigenvalue weighted by molar-refractivity contribution is 0.0940. The van der Waals surface area contributed by atoms with Crippen LogP contribution in [0.3, 0.4) is 0 Å². The lowest BCUT2D eigenvalue weighted by Gasteiger charge is -2.16. The van der Waals surface area contributed by atoms with Crippen molar-refractivity contribution in [3.8, 4) is 0 Å². The fraction of sp³-hybridized carbons (Fsp3) is 0.278. The van der Waals surface area contributed by atoms with Crippen LogP contribution in [0.25, 0.3) is 0 Å². The van der Waals surface area contributed by atoms with Gasteiger partial charge in [-0.25, -0.2) is 0 Å². The maximum atomic E-state index is 12.2. The summed E-state index contributed by atoms with van der Waals surface area (Å²) in [5, 5.41) is 3.02. The number of nitrogen functional groups attached to an aromatic ring is 1. The Labute approximate surface area is 126 Å². The highest BCUT2D eigenvalue weighted by molar-refractivity contribution is 5.95. The standard InChI is InChI=1S/C18H22N2O/c1-12-7-8-15(13(2)9-12)10-14(3)20-18(21)16-5-4-6-17(19)11-16/h4-9,11,14H,10,19H2,1-3H3,(H,20,21). The van der Waals surface area contributed by atoms with Crippen LogP contribution in [0.1, 0.15) is 34.0 Å². The molecule has 2 rings (SSSR count). The van der Waals surface area contributed by atoms with Gasteiger partial charge in [0.05, 0.1) is 0 Å². The molecule has 3 nitrogen and oxygen atoms in total. The molecule has 0 aliphatic heterocycles. The Morgan fingerprint density at radius 2 is 1.95 bits per heavy atom. The molecule has 1 unspecified atom stereocenters. The molecule has 2 aromatic carbocycles. The van der Waals surface area contributed by atoms with Crippen LogP contribution in [0.5, 0.6) is 0 Å². The summed E-state index contributed by atoms with van der Waals surface area (Å²) in [6.07, 6.45) is 0.820. The maximum absolute atomic E-state index is 12.2. The summed E-state index contributed by atoms with van der Waals surface area (Å²) in [4.78, 5) is 12.2. The molecular weight excluding hydrogens is 260 g/mol. The van der Waals surface area contributed by atoms with Crippen LogP contribution >= 0.6 is 0 Å². The molecule has 0 saturated heterocycles. The van der Waals surface area contributed by atoms with Crippen LogP contribution in [0.2, 0.25) is 0 Å². The van der Waals surface area contributed by atoms with Crippen LogP contribution in [-0.2, 0) is 6.42 Å². The molecule has 0 aliphatic rings. The van der Waals surface area contributed by atoms with E-state index in [1.165, 1.54) is 16.7 Å². The Bertz CT molecular complexity index is 649. The van der Waals surface area contributed by atoms with Gasteiger partial charge in [-0.2, -0.15) is 0 Å². The van der Waals surface area contributed by atoms with E-state index in [9.17, 15) is 4.79 Å². The van der Waals surface area contributed by atoms with Crippen LogP contribution in [-0.4, -0.2) is 11.9 Å². The van der Waals surface area contributed by atoms with Gasteiger partial charge in [-0.3, -0.25) is 4.79 Å². The average Bonchev–Trinajstić information content (AvgIpc) is 2.42. The number of nitrogens with two attached hydrogens (primary N) is 1. The second-order valence-electron chi connectivity index (χ2n) is 5.63. The third-order valence-corrected chi connectivity index (χ3v) is 3.55. The molecule has 0 radical (unpaired) electrons. The molecule has 0 bridgehead atoms. The van der Waals surface area contributed by atoms with Gasteiger partial charge >= 0.3 is 0 Å². The molecule has 0 saturated carbocycles. The Morgan fingerprint density at radius 3 is 2.62 bits per heavy atom. The van der Waals surface area contributed by atoms with Crippen LogP contribution in [0, 0.1) is 13.8 Å². The van der Waals surface area contributed by atoms with Crippen molar-refractivity contribution in [1.29, 1.82) is 0 Å². The van der Waals surface area contributed by atoms with E-state index in [2.05, 4.69) is 37.4 Å². The molecule has 0 spiro atoms. The first-order valence-electron chi connectivity index (χ1n) is 7.18. The van der Waals surface area contributed by atoms with Crippen molar-refractivity contribution in [3.05, 3.63) is 64.7 Å². The maximum Gasteiger partial charge on any atom is 0.251 e. The number of amides is 1. The highest BCUT2D eigenvalue weighted by atomic mass is 16.1. The first-order valence-corrected chi connectivity index (χ1v) is 7.18. The number of carbonyl (C=O) groups is 1.